The zero-order valence-electron chi connectivity index (χ0n) is 9.52. The van der Waals surface area contributed by atoms with Gasteiger partial charge in [-0.05, 0) is 37.5 Å². The smallest absolute Gasteiger partial charge is 0.119 e. The number of ether oxygens (including phenoxy) is 1. The molecule has 0 saturated heterocycles. The molecule has 86 valence electrons. The van der Waals surface area contributed by atoms with Crippen LogP contribution in [0.5, 0.6) is 5.75 Å². The average molecular weight is 219 g/mol. The summed E-state index contributed by atoms with van der Waals surface area (Å²) in [5.41, 5.74) is 1.15. The molecule has 0 bridgehead atoms. The standard InChI is InChI=1S/C13H17NO2/c1-2-16-13-7-4-11(5-8-13)3-6-12(15)9-10-14/h4-5,7-8,12,15H,2-3,6,9H2,1H3. The molecule has 1 N–H and O–H groups in total. The Bertz CT molecular complexity index is 340. The molecule has 0 saturated carbocycles. The lowest BCUT2D eigenvalue weighted by atomic mass is 10.1. The third-order valence-electron chi connectivity index (χ3n) is 2.33. The van der Waals surface area contributed by atoms with Crippen molar-refractivity contribution in [3.8, 4) is 11.8 Å². The van der Waals surface area contributed by atoms with E-state index in [0.717, 1.165) is 17.7 Å². The van der Waals surface area contributed by atoms with Gasteiger partial charge in [0.2, 0.25) is 0 Å². The van der Waals surface area contributed by atoms with E-state index >= 15 is 0 Å². The summed E-state index contributed by atoms with van der Waals surface area (Å²) in [7, 11) is 0. The van der Waals surface area contributed by atoms with Gasteiger partial charge < -0.3 is 9.84 Å². The lowest BCUT2D eigenvalue weighted by molar-refractivity contribution is 0.170. The number of aliphatic hydroxyl groups excluding tert-OH is 1. The Morgan fingerprint density at radius 3 is 2.62 bits per heavy atom. The topological polar surface area (TPSA) is 53.2 Å². The van der Waals surface area contributed by atoms with Gasteiger partial charge in [-0.3, -0.25) is 0 Å². The number of nitriles is 1. The van der Waals surface area contributed by atoms with Crippen molar-refractivity contribution >= 4 is 0 Å². The SMILES string of the molecule is CCOc1ccc(CCC(O)CC#N)cc1. The molecule has 1 atom stereocenters. The van der Waals surface area contributed by atoms with Gasteiger partial charge >= 0.3 is 0 Å². The van der Waals surface area contributed by atoms with Crippen molar-refractivity contribution in [2.24, 2.45) is 0 Å². The molecule has 1 unspecified atom stereocenters. The number of aryl methyl sites for hydroxylation is 1. The van der Waals surface area contributed by atoms with Gasteiger partial charge in [-0.15, -0.1) is 0 Å². The fourth-order valence-electron chi connectivity index (χ4n) is 1.46. The molecule has 3 heteroatoms. The minimum Gasteiger partial charge on any atom is -0.494 e. The molecule has 16 heavy (non-hydrogen) atoms. The molecule has 0 amide bonds. The lowest BCUT2D eigenvalue weighted by Crippen LogP contribution is -2.06. The average Bonchev–Trinajstić information content (AvgIpc) is 2.29. The summed E-state index contributed by atoms with van der Waals surface area (Å²) in [5, 5.41) is 17.8. The van der Waals surface area contributed by atoms with Crippen LogP contribution < -0.4 is 4.74 Å². The van der Waals surface area contributed by atoms with Crippen LogP contribution in [0.3, 0.4) is 0 Å². The van der Waals surface area contributed by atoms with Crippen molar-refractivity contribution in [2.75, 3.05) is 6.61 Å². The van der Waals surface area contributed by atoms with Crippen LogP contribution >= 0.6 is 0 Å². The van der Waals surface area contributed by atoms with Crippen LogP contribution in [0.15, 0.2) is 24.3 Å². The van der Waals surface area contributed by atoms with Gasteiger partial charge in [0.1, 0.15) is 5.75 Å². The Morgan fingerprint density at radius 1 is 1.38 bits per heavy atom. The van der Waals surface area contributed by atoms with Crippen LogP contribution in [0.25, 0.3) is 0 Å². The predicted molar refractivity (Wildman–Crippen MR) is 62.2 cm³/mol. The van der Waals surface area contributed by atoms with E-state index in [9.17, 15) is 5.11 Å². The van der Waals surface area contributed by atoms with E-state index < -0.39 is 6.10 Å². The maximum absolute atomic E-state index is 9.40. The van der Waals surface area contributed by atoms with Crippen LogP contribution in [0.1, 0.15) is 25.3 Å². The normalized spacial score (nSPS) is 11.8. The fourth-order valence-corrected chi connectivity index (χ4v) is 1.46. The van der Waals surface area contributed by atoms with Crippen molar-refractivity contribution in [2.45, 2.75) is 32.3 Å². The second-order valence-corrected chi connectivity index (χ2v) is 3.63. The number of hydrogen-bond acceptors (Lipinski definition) is 3. The van der Waals surface area contributed by atoms with Crippen LogP contribution in [0.4, 0.5) is 0 Å². The minimum absolute atomic E-state index is 0.205. The molecule has 1 aromatic rings. The number of benzene rings is 1. The molecule has 0 aliphatic rings. The molecular weight excluding hydrogens is 202 g/mol. The van der Waals surface area contributed by atoms with Gasteiger partial charge in [-0.1, -0.05) is 12.1 Å². The quantitative estimate of drug-likeness (QED) is 0.798. The predicted octanol–water partition coefficient (Wildman–Crippen LogP) is 2.29. The Morgan fingerprint density at radius 2 is 2.06 bits per heavy atom. The number of nitrogens with zero attached hydrogens (tertiary/aromatic N) is 1. The van der Waals surface area contributed by atoms with E-state index in [0.29, 0.717) is 13.0 Å². The molecule has 1 aromatic carbocycles. The van der Waals surface area contributed by atoms with Crippen LogP contribution in [-0.2, 0) is 6.42 Å². The van der Waals surface area contributed by atoms with E-state index in [1.54, 1.807) is 0 Å². The third kappa shape index (κ3) is 4.33. The number of hydrogen-bond donors (Lipinski definition) is 1. The zero-order valence-corrected chi connectivity index (χ0v) is 9.52. The van der Waals surface area contributed by atoms with Crippen LogP contribution in [0.2, 0.25) is 0 Å². The summed E-state index contributed by atoms with van der Waals surface area (Å²) in [6.45, 7) is 2.62. The first kappa shape index (κ1) is 12.5. The molecular formula is C13H17NO2. The number of rotatable bonds is 6. The third-order valence-corrected chi connectivity index (χ3v) is 2.33. The van der Waals surface area contributed by atoms with Crippen molar-refractivity contribution in [3.05, 3.63) is 29.8 Å². The molecule has 0 fully saturated rings. The van der Waals surface area contributed by atoms with Crippen molar-refractivity contribution in [3.63, 3.8) is 0 Å². The first-order valence-corrected chi connectivity index (χ1v) is 5.53. The second-order valence-electron chi connectivity index (χ2n) is 3.63. The Hall–Kier alpha value is -1.53. The lowest BCUT2D eigenvalue weighted by Gasteiger charge is -2.07. The van der Waals surface area contributed by atoms with E-state index in [4.69, 9.17) is 10.00 Å². The molecule has 1 rings (SSSR count). The summed E-state index contributed by atoms with van der Waals surface area (Å²) >= 11 is 0. The van der Waals surface area contributed by atoms with Gasteiger partial charge in [0.05, 0.1) is 25.2 Å². The minimum atomic E-state index is -0.517. The number of aliphatic hydroxyl groups is 1. The van der Waals surface area contributed by atoms with E-state index in [-0.39, 0.29) is 6.42 Å². The summed E-state index contributed by atoms with van der Waals surface area (Å²) in [6.07, 6.45) is 1.10. The first-order valence-electron chi connectivity index (χ1n) is 5.53. The molecule has 0 aliphatic heterocycles. The van der Waals surface area contributed by atoms with E-state index in [1.165, 1.54) is 0 Å². The van der Waals surface area contributed by atoms with Gasteiger partial charge in [0, 0.05) is 0 Å². The molecule has 0 aromatic heterocycles. The Labute approximate surface area is 96.3 Å². The highest BCUT2D eigenvalue weighted by molar-refractivity contribution is 5.27. The van der Waals surface area contributed by atoms with Crippen molar-refractivity contribution < 1.29 is 9.84 Å². The second kappa shape index (κ2) is 6.86. The molecule has 0 aliphatic carbocycles. The maximum Gasteiger partial charge on any atom is 0.119 e. The maximum atomic E-state index is 9.40. The van der Waals surface area contributed by atoms with Crippen LogP contribution in [0, 0.1) is 11.3 Å². The first-order chi connectivity index (χ1) is 7.76. The van der Waals surface area contributed by atoms with Gasteiger partial charge in [-0.25, -0.2) is 0 Å². The van der Waals surface area contributed by atoms with Crippen molar-refractivity contribution in [1.29, 1.82) is 5.26 Å². The summed E-state index contributed by atoms with van der Waals surface area (Å²) in [4.78, 5) is 0. The summed E-state index contributed by atoms with van der Waals surface area (Å²) in [5.74, 6) is 0.865. The van der Waals surface area contributed by atoms with Gasteiger partial charge in [0.15, 0.2) is 0 Å². The van der Waals surface area contributed by atoms with Crippen molar-refractivity contribution in [1.82, 2.24) is 0 Å². The summed E-state index contributed by atoms with van der Waals surface area (Å²) < 4.78 is 5.33. The molecule has 0 spiro atoms. The van der Waals surface area contributed by atoms with E-state index in [2.05, 4.69) is 0 Å². The Balaban J connectivity index is 2.40. The molecule has 0 heterocycles. The highest BCUT2D eigenvalue weighted by Crippen LogP contribution is 2.14. The largest absolute Gasteiger partial charge is 0.494 e. The highest BCUT2D eigenvalue weighted by Gasteiger charge is 2.03. The fraction of sp³-hybridized carbons (Fsp3) is 0.462. The monoisotopic (exact) mass is 219 g/mol. The van der Waals surface area contributed by atoms with Gasteiger partial charge in [-0.2, -0.15) is 5.26 Å². The summed E-state index contributed by atoms with van der Waals surface area (Å²) in [6, 6.07) is 9.79. The molecule has 0 radical (unpaired) electrons. The molecule has 3 nitrogen and oxygen atoms in total. The van der Waals surface area contributed by atoms with Gasteiger partial charge in [0.25, 0.3) is 0 Å². The van der Waals surface area contributed by atoms with E-state index in [1.807, 2.05) is 37.3 Å². The van der Waals surface area contributed by atoms with Crippen LogP contribution in [-0.4, -0.2) is 17.8 Å². The Kier molecular flexibility index (Phi) is 5.38. The zero-order chi connectivity index (χ0) is 11.8. The highest BCUT2D eigenvalue weighted by atomic mass is 16.5.